The van der Waals surface area contributed by atoms with Gasteiger partial charge in [0.2, 0.25) is 5.82 Å². The van der Waals surface area contributed by atoms with Crippen molar-refractivity contribution in [2.75, 3.05) is 13.6 Å². The second-order valence-corrected chi connectivity index (χ2v) is 10.7. The van der Waals surface area contributed by atoms with Gasteiger partial charge >= 0.3 is 17.9 Å². The number of likely N-dealkylation sites (N-methyl/N-ethyl adjacent to an activating group) is 1. The van der Waals surface area contributed by atoms with Gasteiger partial charge in [0.25, 0.3) is 6.23 Å². The first-order chi connectivity index (χ1) is 21.7. The maximum Gasteiger partial charge on any atom is 0.363 e. The highest BCUT2D eigenvalue weighted by Crippen LogP contribution is 2.30. The number of carbonyl (C=O) groups excluding carboxylic acids is 2. The first kappa shape index (κ1) is 33.3. The van der Waals surface area contributed by atoms with Gasteiger partial charge in [-0.2, -0.15) is 5.21 Å². The summed E-state index contributed by atoms with van der Waals surface area (Å²) in [6, 6.07) is 15.9. The number of aromatic amines is 1. The Morgan fingerprint density at radius 1 is 1.07 bits per heavy atom. The predicted octanol–water partition coefficient (Wildman–Crippen LogP) is 4.50. The van der Waals surface area contributed by atoms with Crippen molar-refractivity contribution in [1.82, 2.24) is 35.1 Å². The summed E-state index contributed by atoms with van der Waals surface area (Å²) in [5.41, 5.74) is 4.28. The van der Waals surface area contributed by atoms with Gasteiger partial charge in [-0.25, -0.2) is 9.78 Å². The number of tetrazole rings is 1. The third kappa shape index (κ3) is 8.73. The van der Waals surface area contributed by atoms with Gasteiger partial charge < -0.3 is 19.1 Å². The van der Waals surface area contributed by atoms with E-state index in [-0.39, 0.29) is 18.2 Å². The molecule has 0 amide bonds. The van der Waals surface area contributed by atoms with E-state index in [2.05, 4.69) is 32.5 Å². The van der Waals surface area contributed by atoms with Gasteiger partial charge in [-0.1, -0.05) is 80.4 Å². The molecule has 0 aliphatic rings. The van der Waals surface area contributed by atoms with Crippen LogP contribution in [0.4, 0.5) is 0 Å². The fourth-order valence-electron chi connectivity index (χ4n) is 4.62. The highest BCUT2D eigenvalue weighted by molar-refractivity contribution is 6.30. The molecule has 0 saturated carbocycles. The molecule has 2 aromatic carbocycles. The minimum absolute atomic E-state index is 0.201. The Kier molecular flexibility index (Phi) is 11.8. The molecule has 0 unspecified atom stereocenters. The van der Waals surface area contributed by atoms with Crippen LogP contribution in [0, 0.1) is 0 Å². The van der Waals surface area contributed by atoms with Crippen molar-refractivity contribution < 1.29 is 29.0 Å². The average molecular weight is 638 g/mol. The molecule has 2 aromatic heterocycles. The quantitative estimate of drug-likeness (QED) is 0.131. The van der Waals surface area contributed by atoms with E-state index in [1.54, 1.807) is 14.0 Å². The minimum Gasteiger partial charge on any atom is -0.481 e. The molecular weight excluding hydrogens is 602 g/mol. The van der Waals surface area contributed by atoms with Gasteiger partial charge in [0.1, 0.15) is 12.4 Å². The standard InChI is InChI=1S/C31H36ClN7O6/c1-4-6-11-25-33-28(32)24(19-44-31(43)30(38(3)5-2)45-27(42)17-16-26(40)41)39(25)18-20-12-14-21(15-13-20)22-9-7-8-10-23(22)29-34-36-37-35-29/h7-10,12-15,30H,4-6,11,16-19H2,1-3H3,(H,40,41)(H,34,35,36,37)/t30-/m0/s1. The van der Waals surface area contributed by atoms with Gasteiger partial charge in [-0.3, -0.25) is 14.5 Å². The number of rotatable bonds is 16. The molecule has 13 nitrogen and oxygen atoms in total. The second kappa shape index (κ2) is 15.9. The first-order valence-electron chi connectivity index (χ1n) is 14.7. The molecule has 4 rings (SSSR count). The van der Waals surface area contributed by atoms with E-state index >= 15 is 0 Å². The molecule has 0 bridgehead atoms. The van der Waals surface area contributed by atoms with Crippen molar-refractivity contribution in [2.24, 2.45) is 0 Å². The highest BCUT2D eigenvalue weighted by atomic mass is 35.5. The molecule has 2 heterocycles. The Bertz CT molecular complexity index is 1590. The number of benzene rings is 2. The van der Waals surface area contributed by atoms with Crippen molar-refractivity contribution in [3.05, 3.63) is 70.8 Å². The number of H-pyrrole nitrogens is 1. The van der Waals surface area contributed by atoms with E-state index < -0.39 is 30.6 Å². The molecule has 2 N–H and O–H groups in total. The summed E-state index contributed by atoms with van der Waals surface area (Å²) in [4.78, 5) is 42.2. The van der Waals surface area contributed by atoms with Gasteiger partial charge in [-0.15, -0.1) is 10.2 Å². The van der Waals surface area contributed by atoms with Crippen molar-refractivity contribution in [3.8, 4) is 22.5 Å². The molecule has 4 aromatic rings. The largest absolute Gasteiger partial charge is 0.481 e. The third-order valence-electron chi connectivity index (χ3n) is 7.21. The van der Waals surface area contributed by atoms with E-state index in [0.29, 0.717) is 31.0 Å². The summed E-state index contributed by atoms with van der Waals surface area (Å²) in [5, 5.41) is 23.5. The topological polar surface area (TPSA) is 165 Å². The van der Waals surface area contributed by atoms with E-state index in [0.717, 1.165) is 40.9 Å². The number of nitrogens with zero attached hydrogens (tertiary/aromatic N) is 6. The van der Waals surface area contributed by atoms with Crippen LogP contribution in [0.1, 0.15) is 56.6 Å². The Morgan fingerprint density at radius 3 is 2.44 bits per heavy atom. The lowest BCUT2D eigenvalue weighted by Crippen LogP contribution is -2.43. The third-order valence-corrected chi connectivity index (χ3v) is 7.52. The summed E-state index contributed by atoms with van der Waals surface area (Å²) < 4.78 is 12.8. The SMILES string of the molecule is CCCCc1nc(Cl)c(COC(=O)[C@H](OC(=O)CCC(=O)O)N(C)CC)n1Cc1ccc(-c2ccccc2-c2nn[nH]n2)cc1. The van der Waals surface area contributed by atoms with Gasteiger partial charge in [0.05, 0.1) is 18.5 Å². The summed E-state index contributed by atoms with van der Waals surface area (Å²) in [6.45, 7) is 4.48. The van der Waals surface area contributed by atoms with Crippen LogP contribution in [0.15, 0.2) is 48.5 Å². The number of imidazole rings is 1. The zero-order valence-corrected chi connectivity index (χ0v) is 26.2. The molecule has 0 saturated heterocycles. The number of carboxylic acid groups (broad SMARTS) is 1. The lowest BCUT2D eigenvalue weighted by atomic mass is 9.98. The fourth-order valence-corrected chi connectivity index (χ4v) is 4.87. The number of aliphatic carboxylic acids is 1. The van der Waals surface area contributed by atoms with Crippen molar-refractivity contribution in [3.63, 3.8) is 0 Å². The summed E-state index contributed by atoms with van der Waals surface area (Å²) in [7, 11) is 1.60. The van der Waals surface area contributed by atoms with Crippen molar-refractivity contribution >= 4 is 29.5 Å². The van der Waals surface area contributed by atoms with Crippen LogP contribution >= 0.6 is 11.6 Å². The summed E-state index contributed by atoms with van der Waals surface area (Å²) >= 11 is 6.58. The zero-order valence-electron chi connectivity index (χ0n) is 25.4. The lowest BCUT2D eigenvalue weighted by molar-refractivity contribution is -0.181. The number of halogens is 1. The maximum absolute atomic E-state index is 13.1. The van der Waals surface area contributed by atoms with Crippen LogP contribution in [0.5, 0.6) is 0 Å². The fraction of sp³-hybridized carbons (Fsp3) is 0.387. The normalized spacial score (nSPS) is 11.8. The van der Waals surface area contributed by atoms with Gasteiger partial charge in [0, 0.05) is 18.5 Å². The van der Waals surface area contributed by atoms with E-state index in [4.69, 9.17) is 26.2 Å². The number of carboxylic acids is 1. The van der Waals surface area contributed by atoms with Gasteiger partial charge in [0.15, 0.2) is 5.15 Å². The number of hydrogen-bond acceptors (Lipinski definition) is 10. The number of nitrogens with one attached hydrogen (secondary N) is 1. The van der Waals surface area contributed by atoms with Crippen LogP contribution in [-0.2, 0) is 43.4 Å². The maximum atomic E-state index is 13.1. The number of aryl methyl sites for hydroxylation is 1. The minimum atomic E-state index is -1.34. The number of esters is 2. The molecule has 0 aliphatic carbocycles. The van der Waals surface area contributed by atoms with Crippen LogP contribution in [0.3, 0.4) is 0 Å². The van der Waals surface area contributed by atoms with Crippen LogP contribution in [0.25, 0.3) is 22.5 Å². The molecular formula is C31H36ClN7O6. The highest BCUT2D eigenvalue weighted by Gasteiger charge is 2.29. The average Bonchev–Trinajstić information content (AvgIpc) is 3.68. The molecule has 1 atom stereocenters. The molecule has 0 fully saturated rings. The number of aromatic nitrogens is 6. The molecule has 45 heavy (non-hydrogen) atoms. The lowest BCUT2D eigenvalue weighted by Gasteiger charge is -2.25. The molecule has 0 radical (unpaired) electrons. The molecule has 14 heteroatoms. The van der Waals surface area contributed by atoms with Crippen molar-refractivity contribution in [1.29, 1.82) is 0 Å². The van der Waals surface area contributed by atoms with Crippen LogP contribution in [0.2, 0.25) is 5.15 Å². The van der Waals surface area contributed by atoms with E-state index in [1.165, 1.54) is 4.90 Å². The number of carbonyl (C=O) groups is 3. The van der Waals surface area contributed by atoms with Crippen LogP contribution < -0.4 is 0 Å². The number of hydrogen-bond donors (Lipinski definition) is 2. The Balaban J connectivity index is 1.54. The predicted molar refractivity (Wildman–Crippen MR) is 165 cm³/mol. The summed E-state index contributed by atoms with van der Waals surface area (Å²) in [6.07, 6.45) is 0.433. The smallest absolute Gasteiger partial charge is 0.363 e. The number of unbranched alkanes of at least 4 members (excludes halogenated alkanes) is 1. The Hall–Kier alpha value is -4.62. The molecule has 0 spiro atoms. The first-order valence-corrected chi connectivity index (χ1v) is 15.0. The van der Waals surface area contributed by atoms with Gasteiger partial charge in [-0.05, 0) is 41.9 Å². The van der Waals surface area contributed by atoms with Crippen LogP contribution in [-0.4, -0.2) is 77.9 Å². The molecule has 0 aliphatic heterocycles. The monoisotopic (exact) mass is 637 g/mol. The Morgan fingerprint density at radius 2 is 1.80 bits per heavy atom. The van der Waals surface area contributed by atoms with Crippen molar-refractivity contribution in [2.45, 2.75) is 65.3 Å². The Labute approximate surface area is 265 Å². The second-order valence-electron chi connectivity index (χ2n) is 10.4. The summed E-state index contributed by atoms with van der Waals surface area (Å²) in [5.74, 6) is -1.48. The van der Waals surface area contributed by atoms with E-state index in [1.807, 2.05) is 53.1 Å². The number of ether oxygens (including phenoxy) is 2. The van der Waals surface area contributed by atoms with E-state index in [9.17, 15) is 14.4 Å². The molecule has 238 valence electrons. The zero-order chi connectivity index (χ0) is 32.3.